The van der Waals surface area contributed by atoms with Crippen molar-refractivity contribution in [2.45, 2.75) is 58.1 Å². The molecule has 0 radical (unpaired) electrons. The van der Waals surface area contributed by atoms with Crippen LogP contribution in [0.1, 0.15) is 51.3 Å². The third-order valence-electron chi connectivity index (χ3n) is 3.95. The lowest BCUT2D eigenvalue weighted by atomic mass is 10.1. The fourth-order valence-corrected chi connectivity index (χ4v) is 2.77. The van der Waals surface area contributed by atoms with Crippen molar-refractivity contribution in [1.29, 1.82) is 0 Å². The molecule has 0 atom stereocenters. The summed E-state index contributed by atoms with van der Waals surface area (Å²) >= 11 is 0. The predicted octanol–water partition coefficient (Wildman–Crippen LogP) is 2.75. The summed E-state index contributed by atoms with van der Waals surface area (Å²) < 4.78 is 5.38. The van der Waals surface area contributed by atoms with Crippen molar-refractivity contribution in [2.24, 2.45) is 0 Å². The van der Waals surface area contributed by atoms with Gasteiger partial charge in [-0.15, -0.1) is 0 Å². The Bertz CT molecular complexity index is 416. The third kappa shape index (κ3) is 4.07. The number of hydrogen-bond donors (Lipinski definition) is 1. The molecule has 0 unspecified atom stereocenters. The molecule has 20 heavy (non-hydrogen) atoms. The average Bonchev–Trinajstić information content (AvgIpc) is 2.72. The Morgan fingerprint density at radius 1 is 1.25 bits per heavy atom. The highest BCUT2D eigenvalue weighted by Crippen LogP contribution is 2.25. The summed E-state index contributed by atoms with van der Waals surface area (Å²) in [5.74, 6) is 2.10. The van der Waals surface area contributed by atoms with Gasteiger partial charge in [0.2, 0.25) is 0 Å². The molecular formula is C15H26N4O. The van der Waals surface area contributed by atoms with Gasteiger partial charge in [0.05, 0.1) is 0 Å². The van der Waals surface area contributed by atoms with Gasteiger partial charge in [0.25, 0.3) is 0 Å². The molecule has 1 aliphatic carbocycles. The highest BCUT2D eigenvalue weighted by atomic mass is 16.5. The standard InChI is InChI=1S/C15H26N4O/c1-3-20-11-14-17-13(16)10-15(18-14)19(2)12-8-6-4-5-7-9-12/h10,12H,3-9,11H2,1-2H3,(H2,16,17,18). The first-order chi connectivity index (χ1) is 9.70. The van der Waals surface area contributed by atoms with E-state index in [0.29, 0.717) is 30.9 Å². The summed E-state index contributed by atoms with van der Waals surface area (Å²) in [6, 6.07) is 2.42. The second-order valence-electron chi connectivity index (χ2n) is 5.46. The van der Waals surface area contributed by atoms with Crippen LogP contribution in [0.25, 0.3) is 0 Å². The van der Waals surface area contributed by atoms with Crippen LogP contribution < -0.4 is 10.6 Å². The number of aromatic nitrogens is 2. The van der Waals surface area contributed by atoms with Gasteiger partial charge in [0.1, 0.15) is 18.2 Å². The van der Waals surface area contributed by atoms with Gasteiger partial charge in [0, 0.05) is 25.8 Å². The lowest BCUT2D eigenvalue weighted by Gasteiger charge is -2.28. The highest BCUT2D eigenvalue weighted by Gasteiger charge is 2.19. The number of nitrogens with two attached hydrogens (primary N) is 1. The summed E-state index contributed by atoms with van der Waals surface area (Å²) in [6.45, 7) is 3.05. The Labute approximate surface area is 121 Å². The van der Waals surface area contributed by atoms with Crippen LogP contribution in [0.15, 0.2) is 6.07 Å². The van der Waals surface area contributed by atoms with E-state index in [2.05, 4.69) is 21.9 Å². The molecule has 2 rings (SSSR count). The van der Waals surface area contributed by atoms with Gasteiger partial charge in [-0.25, -0.2) is 9.97 Å². The SMILES string of the molecule is CCOCc1nc(N)cc(N(C)C2CCCCCC2)n1. The molecule has 1 heterocycles. The van der Waals surface area contributed by atoms with Crippen molar-refractivity contribution in [1.82, 2.24) is 9.97 Å². The van der Waals surface area contributed by atoms with Crippen molar-refractivity contribution in [3.8, 4) is 0 Å². The van der Waals surface area contributed by atoms with Gasteiger partial charge in [-0.3, -0.25) is 0 Å². The molecule has 1 saturated carbocycles. The minimum atomic E-state index is 0.424. The van der Waals surface area contributed by atoms with Crippen LogP contribution in [0.5, 0.6) is 0 Å². The van der Waals surface area contributed by atoms with E-state index in [4.69, 9.17) is 10.5 Å². The molecule has 0 saturated heterocycles. The van der Waals surface area contributed by atoms with Gasteiger partial charge in [-0.2, -0.15) is 0 Å². The van der Waals surface area contributed by atoms with Crippen molar-refractivity contribution >= 4 is 11.6 Å². The molecule has 0 amide bonds. The minimum Gasteiger partial charge on any atom is -0.384 e. The summed E-state index contributed by atoms with van der Waals surface area (Å²) in [6.07, 6.45) is 7.79. The molecule has 1 aromatic heterocycles. The number of hydrogen-bond acceptors (Lipinski definition) is 5. The molecule has 1 fully saturated rings. The molecule has 0 spiro atoms. The first kappa shape index (κ1) is 15.0. The van der Waals surface area contributed by atoms with Crippen molar-refractivity contribution in [3.05, 3.63) is 11.9 Å². The highest BCUT2D eigenvalue weighted by molar-refractivity contribution is 5.47. The fourth-order valence-electron chi connectivity index (χ4n) is 2.77. The molecule has 0 aliphatic heterocycles. The second kappa shape index (κ2) is 7.43. The predicted molar refractivity (Wildman–Crippen MR) is 81.7 cm³/mol. The smallest absolute Gasteiger partial charge is 0.158 e. The number of anilines is 2. The Balaban J connectivity index is 2.11. The van der Waals surface area contributed by atoms with Gasteiger partial charge < -0.3 is 15.4 Å². The van der Waals surface area contributed by atoms with E-state index >= 15 is 0 Å². The van der Waals surface area contributed by atoms with Crippen LogP contribution in [0.3, 0.4) is 0 Å². The Morgan fingerprint density at radius 3 is 2.60 bits per heavy atom. The summed E-state index contributed by atoms with van der Waals surface area (Å²) in [7, 11) is 2.11. The van der Waals surface area contributed by atoms with Crippen LogP contribution >= 0.6 is 0 Å². The van der Waals surface area contributed by atoms with E-state index < -0.39 is 0 Å². The Hall–Kier alpha value is -1.36. The third-order valence-corrected chi connectivity index (χ3v) is 3.95. The average molecular weight is 278 g/mol. The van der Waals surface area contributed by atoms with Crippen molar-refractivity contribution < 1.29 is 4.74 Å². The van der Waals surface area contributed by atoms with E-state index in [1.165, 1.54) is 38.5 Å². The molecule has 0 aromatic carbocycles. The molecule has 1 aromatic rings. The van der Waals surface area contributed by atoms with Crippen LogP contribution in [0, 0.1) is 0 Å². The van der Waals surface area contributed by atoms with E-state index in [-0.39, 0.29) is 0 Å². The quantitative estimate of drug-likeness (QED) is 0.839. The lowest BCUT2D eigenvalue weighted by Crippen LogP contribution is -2.32. The van der Waals surface area contributed by atoms with Gasteiger partial charge in [-0.1, -0.05) is 25.7 Å². The van der Waals surface area contributed by atoms with E-state index in [1.807, 2.05) is 13.0 Å². The zero-order valence-electron chi connectivity index (χ0n) is 12.6. The number of nitrogen functional groups attached to an aromatic ring is 1. The molecule has 2 N–H and O–H groups in total. The maximum absolute atomic E-state index is 5.90. The van der Waals surface area contributed by atoms with Crippen LogP contribution in [0.4, 0.5) is 11.6 Å². The maximum atomic E-state index is 5.90. The number of nitrogens with zero attached hydrogens (tertiary/aromatic N) is 3. The van der Waals surface area contributed by atoms with E-state index in [9.17, 15) is 0 Å². The molecule has 0 bridgehead atoms. The molecule has 5 nitrogen and oxygen atoms in total. The number of ether oxygens (including phenoxy) is 1. The van der Waals surface area contributed by atoms with E-state index in [1.54, 1.807) is 0 Å². The van der Waals surface area contributed by atoms with Crippen LogP contribution in [-0.4, -0.2) is 29.7 Å². The molecule has 1 aliphatic rings. The molecular weight excluding hydrogens is 252 g/mol. The van der Waals surface area contributed by atoms with Crippen molar-refractivity contribution in [2.75, 3.05) is 24.3 Å². The topological polar surface area (TPSA) is 64.3 Å². The molecule has 5 heteroatoms. The molecule has 112 valence electrons. The normalized spacial score (nSPS) is 16.9. The first-order valence-electron chi connectivity index (χ1n) is 7.64. The van der Waals surface area contributed by atoms with E-state index in [0.717, 1.165) is 5.82 Å². The fraction of sp³-hybridized carbons (Fsp3) is 0.733. The largest absolute Gasteiger partial charge is 0.384 e. The second-order valence-corrected chi connectivity index (χ2v) is 5.46. The van der Waals surface area contributed by atoms with Gasteiger partial charge >= 0.3 is 0 Å². The van der Waals surface area contributed by atoms with Crippen LogP contribution in [-0.2, 0) is 11.3 Å². The number of rotatable bonds is 5. The minimum absolute atomic E-state index is 0.424. The summed E-state index contributed by atoms with van der Waals surface area (Å²) in [5, 5.41) is 0. The van der Waals surface area contributed by atoms with Crippen molar-refractivity contribution in [3.63, 3.8) is 0 Å². The maximum Gasteiger partial charge on any atom is 0.158 e. The lowest BCUT2D eigenvalue weighted by molar-refractivity contribution is 0.128. The zero-order chi connectivity index (χ0) is 14.4. The zero-order valence-corrected chi connectivity index (χ0v) is 12.6. The Morgan fingerprint density at radius 2 is 1.95 bits per heavy atom. The monoisotopic (exact) mass is 278 g/mol. The van der Waals surface area contributed by atoms with Crippen LogP contribution in [0.2, 0.25) is 0 Å². The van der Waals surface area contributed by atoms with Gasteiger partial charge in [-0.05, 0) is 19.8 Å². The Kier molecular flexibility index (Phi) is 5.59. The van der Waals surface area contributed by atoms with Gasteiger partial charge in [0.15, 0.2) is 5.82 Å². The first-order valence-corrected chi connectivity index (χ1v) is 7.64. The summed E-state index contributed by atoms with van der Waals surface area (Å²) in [4.78, 5) is 11.1. The summed E-state index contributed by atoms with van der Waals surface area (Å²) in [5.41, 5.74) is 5.90.